The van der Waals surface area contributed by atoms with Crippen molar-refractivity contribution in [3.63, 3.8) is 0 Å². The van der Waals surface area contributed by atoms with Crippen molar-refractivity contribution in [3.05, 3.63) is 0 Å². The van der Waals surface area contributed by atoms with Crippen molar-refractivity contribution in [1.82, 2.24) is 14.2 Å². The lowest BCUT2D eigenvalue weighted by Gasteiger charge is -1.85. The maximum atomic E-state index is 10.2. The fourth-order valence-corrected chi connectivity index (χ4v) is 2.35. The minimum atomic E-state index is -3.05. The van der Waals surface area contributed by atoms with Crippen molar-refractivity contribution in [2.45, 2.75) is 6.42 Å². The lowest BCUT2D eigenvalue weighted by Crippen LogP contribution is -2.22. The summed E-state index contributed by atoms with van der Waals surface area (Å²) >= 11 is 1.82. The molecular weight excluding hydrogens is 198 g/mol. The molecule has 0 amide bonds. The maximum Gasteiger partial charge on any atom is 0.276 e. The van der Waals surface area contributed by atoms with E-state index >= 15 is 0 Å². The first kappa shape index (κ1) is 10.3. The zero-order valence-corrected chi connectivity index (χ0v) is 8.30. The number of nitrogens with one attached hydrogen (secondary N) is 3. The zero-order chi connectivity index (χ0) is 8.86. The van der Waals surface area contributed by atoms with Crippen LogP contribution in [0, 0.1) is 0 Å². The summed E-state index contributed by atoms with van der Waals surface area (Å²) in [5.41, 5.74) is 0. The van der Waals surface area contributed by atoms with E-state index in [1.807, 2.05) is 11.9 Å². The van der Waals surface area contributed by atoms with Crippen LogP contribution in [-0.2, 0) is 10.2 Å². The first-order chi connectivity index (χ1) is 5.71. The molecule has 2 aliphatic heterocycles. The SMILES string of the molecule is C1CNSC1.O=S1(=O)NCCN1. The molecule has 0 radical (unpaired) electrons. The summed E-state index contributed by atoms with van der Waals surface area (Å²) in [6.45, 7) is 2.25. The standard InChI is InChI=1S/C3H7NS.C2H6N2O2S/c1-2-4-5-3-1;5-7(6)3-1-2-4-7/h4H,1-3H2;3-4H,1-2H2. The number of hydrogen-bond donors (Lipinski definition) is 3. The molecule has 2 saturated heterocycles. The number of rotatable bonds is 0. The summed E-state index contributed by atoms with van der Waals surface area (Å²) in [6, 6.07) is 0. The van der Waals surface area contributed by atoms with Crippen LogP contribution in [0.2, 0.25) is 0 Å². The molecule has 0 aromatic carbocycles. The summed E-state index contributed by atoms with van der Waals surface area (Å²) < 4.78 is 28.1. The van der Waals surface area contributed by atoms with Gasteiger partial charge in [-0.15, -0.1) is 0 Å². The predicted molar refractivity (Wildman–Crippen MR) is 50.0 cm³/mol. The minimum Gasteiger partial charge on any atom is -0.264 e. The molecule has 0 aromatic heterocycles. The van der Waals surface area contributed by atoms with Crippen molar-refractivity contribution >= 4 is 22.2 Å². The average Bonchev–Trinajstić information content (AvgIpc) is 2.60. The van der Waals surface area contributed by atoms with Crippen molar-refractivity contribution in [1.29, 1.82) is 0 Å². The summed E-state index contributed by atoms with van der Waals surface area (Å²) in [5.74, 6) is 1.31. The van der Waals surface area contributed by atoms with Gasteiger partial charge in [0.1, 0.15) is 0 Å². The van der Waals surface area contributed by atoms with Crippen LogP contribution in [0.15, 0.2) is 0 Å². The van der Waals surface area contributed by atoms with Crippen LogP contribution in [0.3, 0.4) is 0 Å². The molecule has 2 heterocycles. The molecule has 0 aromatic rings. The second-order valence-corrected chi connectivity index (χ2v) is 4.96. The third-order valence-corrected chi connectivity index (χ3v) is 3.41. The van der Waals surface area contributed by atoms with Crippen molar-refractivity contribution in [2.75, 3.05) is 25.4 Å². The third kappa shape index (κ3) is 4.27. The van der Waals surface area contributed by atoms with E-state index < -0.39 is 10.2 Å². The second kappa shape index (κ2) is 5.03. The van der Waals surface area contributed by atoms with Crippen molar-refractivity contribution in [2.24, 2.45) is 0 Å². The van der Waals surface area contributed by atoms with Gasteiger partial charge in [-0.3, -0.25) is 4.72 Å². The lowest BCUT2D eigenvalue weighted by atomic mass is 10.5. The van der Waals surface area contributed by atoms with Crippen LogP contribution in [0.5, 0.6) is 0 Å². The Morgan fingerprint density at radius 3 is 1.92 bits per heavy atom. The van der Waals surface area contributed by atoms with E-state index in [1.54, 1.807) is 0 Å². The molecule has 3 N–H and O–H groups in total. The van der Waals surface area contributed by atoms with E-state index in [0.29, 0.717) is 13.1 Å². The van der Waals surface area contributed by atoms with Gasteiger partial charge in [0.2, 0.25) is 0 Å². The highest BCUT2D eigenvalue weighted by Crippen LogP contribution is 2.02. The lowest BCUT2D eigenvalue weighted by molar-refractivity contribution is 0.587. The van der Waals surface area contributed by atoms with Gasteiger partial charge in [-0.05, 0) is 6.42 Å². The Morgan fingerprint density at radius 1 is 1.08 bits per heavy atom. The zero-order valence-electron chi connectivity index (χ0n) is 6.67. The summed E-state index contributed by atoms with van der Waals surface area (Å²) in [4.78, 5) is 0. The van der Waals surface area contributed by atoms with E-state index in [2.05, 4.69) is 14.2 Å². The molecule has 0 bridgehead atoms. The Hall–Kier alpha value is 0.180. The van der Waals surface area contributed by atoms with Gasteiger partial charge in [0.15, 0.2) is 0 Å². The van der Waals surface area contributed by atoms with Crippen LogP contribution >= 0.6 is 11.9 Å². The van der Waals surface area contributed by atoms with Crippen LogP contribution in [0.1, 0.15) is 6.42 Å². The van der Waals surface area contributed by atoms with Crippen molar-refractivity contribution in [3.8, 4) is 0 Å². The summed E-state index contributed by atoms with van der Waals surface area (Å²) in [5, 5.41) is 0. The van der Waals surface area contributed by atoms with E-state index in [4.69, 9.17) is 0 Å². The highest BCUT2D eigenvalue weighted by atomic mass is 32.2. The first-order valence-electron chi connectivity index (χ1n) is 3.80. The van der Waals surface area contributed by atoms with Gasteiger partial charge in [-0.1, -0.05) is 11.9 Å². The van der Waals surface area contributed by atoms with Gasteiger partial charge in [0, 0.05) is 25.4 Å². The monoisotopic (exact) mass is 211 g/mol. The number of hydrogen-bond acceptors (Lipinski definition) is 4. The predicted octanol–water partition coefficient (Wildman–Crippen LogP) is -0.948. The molecule has 5 nitrogen and oxygen atoms in total. The van der Waals surface area contributed by atoms with Crippen molar-refractivity contribution < 1.29 is 8.42 Å². The molecule has 0 saturated carbocycles. The minimum absolute atomic E-state index is 0.516. The first-order valence-corrected chi connectivity index (χ1v) is 6.26. The normalized spacial score (nSPS) is 26.3. The topological polar surface area (TPSA) is 70.2 Å². The quantitative estimate of drug-likeness (QED) is 0.452. The molecule has 7 heteroatoms. The molecule has 72 valence electrons. The van der Waals surface area contributed by atoms with Gasteiger partial charge in [0.05, 0.1) is 0 Å². The fourth-order valence-electron chi connectivity index (χ4n) is 0.783. The van der Waals surface area contributed by atoms with Crippen LogP contribution < -0.4 is 14.2 Å². The molecule has 0 atom stereocenters. The maximum absolute atomic E-state index is 10.2. The van der Waals surface area contributed by atoms with E-state index in [1.165, 1.54) is 18.7 Å². The van der Waals surface area contributed by atoms with Crippen LogP contribution in [0.4, 0.5) is 0 Å². The van der Waals surface area contributed by atoms with Gasteiger partial charge in [-0.25, -0.2) is 9.44 Å². The third-order valence-electron chi connectivity index (χ3n) is 1.34. The Kier molecular flexibility index (Phi) is 4.30. The Bertz CT molecular complexity index is 193. The molecule has 2 aliphatic rings. The molecule has 12 heavy (non-hydrogen) atoms. The van der Waals surface area contributed by atoms with Crippen LogP contribution in [0.25, 0.3) is 0 Å². The smallest absolute Gasteiger partial charge is 0.264 e. The van der Waals surface area contributed by atoms with Crippen LogP contribution in [-0.4, -0.2) is 33.8 Å². The van der Waals surface area contributed by atoms with Gasteiger partial charge in [0.25, 0.3) is 10.2 Å². The van der Waals surface area contributed by atoms with Gasteiger partial charge < -0.3 is 0 Å². The Morgan fingerprint density at radius 2 is 1.75 bits per heavy atom. The largest absolute Gasteiger partial charge is 0.276 e. The molecule has 0 aliphatic carbocycles. The van der Waals surface area contributed by atoms with E-state index in [9.17, 15) is 8.42 Å². The highest BCUT2D eigenvalue weighted by Gasteiger charge is 2.13. The summed E-state index contributed by atoms with van der Waals surface area (Å²) in [6.07, 6.45) is 1.35. The van der Waals surface area contributed by atoms with Gasteiger partial charge in [-0.2, -0.15) is 8.42 Å². The Balaban J connectivity index is 0.000000127. The molecule has 2 fully saturated rings. The van der Waals surface area contributed by atoms with Gasteiger partial charge >= 0.3 is 0 Å². The fraction of sp³-hybridized carbons (Fsp3) is 1.00. The van der Waals surface area contributed by atoms with E-state index in [-0.39, 0.29) is 0 Å². The molecular formula is C5H13N3O2S2. The van der Waals surface area contributed by atoms with E-state index in [0.717, 1.165) is 0 Å². The Labute approximate surface area is 77.0 Å². The molecule has 0 spiro atoms. The average molecular weight is 211 g/mol. The highest BCUT2D eigenvalue weighted by molar-refractivity contribution is 7.97. The summed E-state index contributed by atoms with van der Waals surface area (Å²) in [7, 11) is -3.05. The molecule has 2 rings (SSSR count). The second-order valence-electron chi connectivity index (χ2n) is 2.39. The molecule has 0 unspecified atom stereocenters.